The van der Waals surface area contributed by atoms with Gasteiger partial charge in [0.05, 0.1) is 53.1 Å². The molecule has 0 aliphatic carbocycles. The lowest BCUT2D eigenvalue weighted by Gasteiger charge is -2.33. The van der Waals surface area contributed by atoms with E-state index in [1.54, 1.807) is 24.8 Å². The first-order valence-electron chi connectivity index (χ1n) is 10.5. The van der Waals surface area contributed by atoms with Gasteiger partial charge in [-0.2, -0.15) is 18.3 Å². The summed E-state index contributed by atoms with van der Waals surface area (Å²) in [7, 11) is 3.37. The average Bonchev–Trinajstić information content (AvgIpc) is 3.11. The number of rotatable bonds is 2. The number of anilines is 1. The van der Waals surface area contributed by atoms with Gasteiger partial charge in [-0.1, -0.05) is 6.07 Å². The molecule has 176 valence electrons. The normalized spacial score (nSPS) is 16.1. The molecule has 1 aromatic carbocycles. The summed E-state index contributed by atoms with van der Waals surface area (Å²) in [6.45, 7) is 2.05. The molecule has 5 rings (SSSR count). The van der Waals surface area contributed by atoms with Crippen molar-refractivity contribution in [2.75, 3.05) is 19.4 Å². The fourth-order valence-corrected chi connectivity index (χ4v) is 4.55. The molecule has 4 aromatic rings. The number of ether oxygens (including phenoxy) is 1. The van der Waals surface area contributed by atoms with Crippen LogP contribution in [0.2, 0.25) is 0 Å². The van der Waals surface area contributed by atoms with Gasteiger partial charge in [0.1, 0.15) is 11.5 Å². The lowest BCUT2D eigenvalue weighted by molar-refractivity contribution is -0.137. The van der Waals surface area contributed by atoms with Crippen LogP contribution in [0.15, 0.2) is 30.5 Å². The van der Waals surface area contributed by atoms with Gasteiger partial charge < -0.3 is 15.4 Å². The number of halogens is 3. The molecule has 0 saturated carbocycles. The molecule has 1 amide bonds. The first kappa shape index (κ1) is 22.1. The quantitative estimate of drug-likeness (QED) is 0.479. The van der Waals surface area contributed by atoms with Crippen LogP contribution >= 0.6 is 0 Å². The number of carbonyl (C=O) groups is 1. The van der Waals surface area contributed by atoms with Gasteiger partial charge >= 0.3 is 6.18 Å². The van der Waals surface area contributed by atoms with Gasteiger partial charge in [0.2, 0.25) is 0 Å². The highest BCUT2D eigenvalue weighted by Gasteiger charge is 2.34. The van der Waals surface area contributed by atoms with Crippen molar-refractivity contribution >= 4 is 33.5 Å². The Kier molecular flexibility index (Phi) is 4.97. The molecule has 11 heteroatoms. The molecule has 34 heavy (non-hydrogen) atoms. The molecule has 0 bridgehead atoms. The number of nitrogen functional groups attached to an aromatic ring is 1. The SMILES string of the molecule is Cc1nn(C)c2c1c(N)nc1cnc(C(=O)N(C)[C@@H]3COCc4cc(C(F)(F)F)ccc43)cc12. The number of hydrogen-bond donors (Lipinski definition) is 1. The predicted molar refractivity (Wildman–Crippen MR) is 119 cm³/mol. The smallest absolute Gasteiger partial charge is 0.383 e. The maximum Gasteiger partial charge on any atom is 0.416 e. The number of benzene rings is 1. The second-order valence-electron chi connectivity index (χ2n) is 8.37. The topological polar surface area (TPSA) is 99.2 Å². The van der Waals surface area contributed by atoms with Gasteiger partial charge in [-0.05, 0) is 36.2 Å². The first-order chi connectivity index (χ1) is 16.1. The Hall–Kier alpha value is -3.73. The standard InChI is InChI=1S/C23H21F3N6O2/c1-11-19-20(32(3)30-11)15-7-16(28-8-17(15)29-21(19)27)22(33)31(2)18-10-34-9-12-6-13(23(24,25)26)4-5-14(12)18/h4-8,18H,9-10H2,1-3H3,(H2,27,29)/t18-/m1/s1. The molecule has 1 atom stereocenters. The molecule has 2 N–H and O–H groups in total. The van der Waals surface area contributed by atoms with Crippen molar-refractivity contribution in [1.29, 1.82) is 0 Å². The molecule has 8 nitrogen and oxygen atoms in total. The molecule has 1 aliphatic heterocycles. The zero-order valence-corrected chi connectivity index (χ0v) is 18.6. The molecule has 3 aromatic heterocycles. The molecule has 0 unspecified atom stereocenters. The number of carbonyl (C=O) groups excluding carboxylic acids is 1. The van der Waals surface area contributed by atoms with Crippen LogP contribution in [0.4, 0.5) is 19.0 Å². The van der Waals surface area contributed by atoms with E-state index in [1.807, 2.05) is 6.92 Å². The summed E-state index contributed by atoms with van der Waals surface area (Å²) in [5.74, 6) is -0.0626. The van der Waals surface area contributed by atoms with Crippen LogP contribution in [0.3, 0.4) is 0 Å². The Morgan fingerprint density at radius 1 is 1.29 bits per heavy atom. The van der Waals surface area contributed by atoms with Crippen molar-refractivity contribution in [3.63, 3.8) is 0 Å². The number of pyridine rings is 2. The van der Waals surface area contributed by atoms with E-state index in [0.29, 0.717) is 33.2 Å². The number of aryl methyl sites for hydroxylation is 2. The van der Waals surface area contributed by atoms with Crippen LogP contribution in [0.5, 0.6) is 0 Å². The van der Waals surface area contributed by atoms with Crippen LogP contribution in [0.25, 0.3) is 21.8 Å². The number of fused-ring (bicyclic) bond motifs is 4. The second-order valence-corrected chi connectivity index (χ2v) is 8.37. The van der Waals surface area contributed by atoms with Crippen molar-refractivity contribution in [3.8, 4) is 0 Å². The number of nitrogens with zero attached hydrogens (tertiary/aromatic N) is 5. The Labute approximate surface area is 192 Å². The molecular weight excluding hydrogens is 449 g/mol. The van der Waals surface area contributed by atoms with E-state index in [-0.39, 0.29) is 18.9 Å². The van der Waals surface area contributed by atoms with Crippen molar-refractivity contribution in [1.82, 2.24) is 24.6 Å². The van der Waals surface area contributed by atoms with E-state index < -0.39 is 23.7 Å². The van der Waals surface area contributed by atoms with Gasteiger partial charge in [0.15, 0.2) is 0 Å². The summed E-state index contributed by atoms with van der Waals surface area (Å²) in [6.07, 6.45) is -2.97. The van der Waals surface area contributed by atoms with Crippen molar-refractivity contribution in [2.45, 2.75) is 25.7 Å². The third-order valence-electron chi connectivity index (χ3n) is 6.23. The summed E-state index contributed by atoms with van der Waals surface area (Å²) in [5.41, 5.74) is 8.55. The van der Waals surface area contributed by atoms with Crippen molar-refractivity contribution in [3.05, 3.63) is 58.5 Å². The van der Waals surface area contributed by atoms with E-state index in [1.165, 1.54) is 17.2 Å². The van der Waals surface area contributed by atoms with Gasteiger partial charge in [0, 0.05) is 19.5 Å². The minimum atomic E-state index is -4.45. The van der Waals surface area contributed by atoms with Crippen LogP contribution in [-0.2, 0) is 24.6 Å². The minimum Gasteiger partial charge on any atom is -0.383 e. The van der Waals surface area contributed by atoms with E-state index in [0.717, 1.165) is 23.3 Å². The van der Waals surface area contributed by atoms with Crippen molar-refractivity contribution < 1.29 is 22.7 Å². The molecule has 0 fully saturated rings. The summed E-state index contributed by atoms with van der Waals surface area (Å²) in [6, 6.07) is 4.60. The molecule has 0 spiro atoms. The van der Waals surface area contributed by atoms with E-state index >= 15 is 0 Å². The highest BCUT2D eigenvalue weighted by molar-refractivity contribution is 6.10. The number of hydrogen-bond acceptors (Lipinski definition) is 6. The second kappa shape index (κ2) is 7.66. The molecule has 0 saturated heterocycles. The van der Waals surface area contributed by atoms with E-state index in [4.69, 9.17) is 10.5 Å². The monoisotopic (exact) mass is 470 g/mol. The maximum atomic E-state index is 13.4. The van der Waals surface area contributed by atoms with Crippen LogP contribution in [0, 0.1) is 6.92 Å². The maximum absolute atomic E-state index is 13.4. The summed E-state index contributed by atoms with van der Waals surface area (Å²) >= 11 is 0. The Morgan fingerprint density at radius 3 is 2.79 bits per heavy atom. The Balaban J connectivity index is 1.54. The summed E-state index contributed by atoms with van der Waals surface area (Å²) < 4.78 is 46.6. The fraction of sp³-hybridized carbons (Fsp3) is 0.304. The van der Waals surface area contributed by atoms with Crippen LogP contribution in [0.1, 0.15) is 38.9 Å². The zero-order valence-electron chi connectivity index (χ0n) is 18.6. The van der Waals surface area contributed by atoms with E-state index in [9.17, 15) is 18.0 Å². The minimum absolute atomic E-state index is 0.0525. The number of nitrogens with two attached hydrogens (primary N) is 1. The number of amides is 1. The summed E-state index contributed by atoms with van der Waals surface area (Å²) in [5, 5.41) is 5.80. The third kappa shape index (κ3) is 3.43. The highest BCUT2D eigenvalue weighted by atomic mass is 19.4. The largest absolute Gasteiger partial charge is 0.416 e. The van der Waals surface area contributed by atoms with Gasteiger partial charge in [-0.25, -0.2) is 9.97 Å². The number of likely N-dealkylation sites (N-methyl/N-ethyl adjacent to an activating group) is 1. The fourth-order valence-electron chi connectivity index (χ4n) is 4.55. The first-order valence-corrected chi connectivity index (χ1v) is 10.5. The third-order valence-corrected chi connectivity index (χ3v) is 6.23. The zero-order chi connectivity index (χ0) is 24.4. The van der Waals surface area contributed by atoms with Crippen LogP contribution in [-0.4, -0.2) is 44.2 Å². The molecule has 0 radical (unpaired) electrons. The molecular formula is C23H21F3N6O2. The van der Waals surface area contributed by atoms with Crippen molar-refractivity contribution in [2.24, 2.45) is 7.05 Å². The Morgan fingerprint density at radius 2 is 2.06 bits per heavy atom. The lowest BCUT2D eigenvalue weighted by atomic mass is 9.95. The summed E-state index contributed by atoms with van der Waals surface area (Å²) in [4.78, 5) is 23.5. The van der Waals surface area contributed by atoms with Crippen LogP contribution < -0.4 is 5.73 Å². The number of alkyl halides is 3. The highest BCUT2D eigenvalue weighted by Crippen LogP contribution is 2.36. The van der Waals surface area contributed by atoms with Gasteiger partial charge in [-0.15, -0.1) is 0 Å². The molecule has 1 aliphatic rings. The van der Waals surface area contributed by atoms with E-state index in [2.05, 4.69) is 15.1 Å². The average molecular weight is 470 g/mol. The Bertz CT molecular complexity index is 1460. The molecule has 4 heterocycles. The lowest BCUT2D eigenvalue weighted by Crippen LogP contribution is -2.36. The van der Waals surface area contributed by atoms with Gasteiger partial charge in [0.25, 0.3) is 5.91 Å². The predicted octanol–water partition coefficient (Wildman–Crippen LogP) is 3.77. The van der Waals surface area contributed by atoms with Gasteiger partial charge in [-0.3, -0.25) is 9.48 Å². The number of aromatic nitrogens is 4.